The first-order valence-electron chi connectivity index (χ1n) is 20.3. The maximum absolute atomic E-state index is 2.42. The topological polar surface area (TPSA) is 3.24 Å². The molecule has 0 aliphatic carbocycles. The van der Waals surface area contributed by atoms with Crippen molar-refractivity contribution in [3.8, 4) is 44.5 Å². The fourth-order valence-electron chi connectivity index (χ4n) is 9.00. The Bertz CT molecular complexity index is 3310. The van der Waals surface area contributed by atoms with E-state index in [0.717, 1.165) is 17.1 Å². The summed E-state index contributed by atoms with van der Waals surface area (Å²) < 4.78 is 0. The molecule has 0 amide bonds. The van der Waals surface area contributed by atoms with Crippen LogP contribution in [0.2, 0.25) is 0 Å². The van der Waals surface area contributed by atoms with Gasteiger partial charge in [-0.1, -0.05) is 200 Å². The van der Waals surface area contributed by atoms with E-state index in [2.05, 4.69) is 241 Å². The number of benzene rings is 11. The van der Waals surface area contributed by atoms with E-state index in [4.69, 9.17) is 0 Å². The average molecular weight is 750 g/mol. The summed E-state index contributed by atoms with van der Waals surface area (Å²) in [7, 11) is 0. The van der Waals surface area contributed by atoms with Crippen LogP contribution >= 0.6 is 0 Å². The van der Waals surface area contributed by atoms with Gasteiger partial charge in [-0.3, -0.25) is 0 Å². The van der Waals surface area contributed by atoms with Crippen LogP contribution in [0, 0.1) is 0 Å². The zero-order valence-corrected chi connectivity index (χ0v) is 32.5. The van der Waals surface area contributed by atoms with E-state index in [1.807, 2.05) is 0 Å². The predicted molar refractivity (Wildman–Crippen MR) is 253 cm³/mol. The number of hydrogen-bond donors (Lipinski definition) is 0. The number of hydrogen-bond acceptors (Lipinski definition) is 1. The molecule has 11 rings (SSSR count). The predicted octanol–water partition coefficient (Wildman–Crippen LogP) is 16.4. The van der Waals surface area contributed by atoms with Crippen molar-refractivity contribution in [2.24, 2.45) is 0 Å². The Balaban J connectivity index is 1.07. The van der Waals surface area contributed by atoms with Crippen molar-refractivity contribution < 1.29 is 0 Å². The van der Waals surface area contributed by atoms with Gasteiger partial charge in [0.2, 0.25) is 0 Å². The van der Waals surface area contributed by atoms with Gasteiger partial charge in [0.05, 0.1) is 5.69 Å². The number of nitrogens with zero attached hydrogens (tertiary/aromatic N) is 1. The molecular formula is C58H39N. The van der Waals surface area contributed by atoms with Crippen molar-refractivity contribution in [3.05, 3.63) is 237 Å². The van der Waals surface area contributed by atoms with Gasteiger partial charge in [-0.25, -0.2) is 0 Å². The largest absolute Gasteiger partial charge is 0.310 e. The van der Waals surface area contributed by atoms with Gasteiger partial charge in [-0.15, -0.1) is 0 Å². The summed E-state index contributed by atoms with van der Waals surface area (Å²) in [5.41, 5.74) is 12.9. The third kappa shape index (κ3) is 6.21. The maximum atomic E-state index is 2.42. The normalized spacial score (nSPS) is 11.4. The van der Waals surface area contributed by atoms with Crippen LogP contribution in [-0.2, 0) is 0 Å². The highest BCUT2D eigenvalue weighted by Crippen LogP contribution is 2.44. The minimum absolute atomic E-state index is 1.09. The molecule has 0 fully saturated rings. The van der Waals surface area contributed by atoms with E-state index in [-0.39, 0.29) is 0 Å². The Morgan fingerprint density at radius 2 is 0.729 bits per heavy atom. The number of anilines is 3. The second kappa shape index (κ2) is 14.6. The third-order valence-electron chi connectivity index (χ3n) is 11.9. The molecule has 11 aromatic carbocycles. The summed E-state index contributed by atoms with van der Waals surface area (Å²) in [6.07, 6.45) is 0. The summed E-state index contributed by atoms with van der Waals surface area (Å²) in [5.74, 6) is 0. The summed E-state index contributed by atoms with van der Waals surface area (Å²) in [5, 5.41) is 10.1. The third-order valence-corrected chi connectivity index (χ3v) is 11.9. The molecule has 0 heterocycles. The zero-order valence-electron chi connectivity index (χ0n) is 32.5. The second-order valence-electron chi connectivity index (χ2n) is 15.3. The number of para-hydroxylation sites is 1. The average Bonchev–Trinajstić information content (AvgIpc) is 3.32. The lowest BCUT2D eigenvalue weighted by Crippen LogP contribution is -2.11. The van der Waals surface area contributed by atoms with E-state index in [1.165, 1.54) is 87.6 Å². The Morgan fingerprint density at radius 3 is 1.53 bits per heavy atom. The fraction of sp³-hybridized carbons (Fsp3) is 0. The van der Waals surface area contributed by atoms with Crippen LogP contribution in [0.1, 0.15) is 0 Å². The second-order valence-corrected chi connectivity index (χ2v) is 15.3. The molecular weight excluding hydrogens is 711 g/mol. The van der Waals surface area contributed by atoms with E-state index in [9.17, 15) is 0 Å². The molecule has 276 valence electrons. The quantitative estimate of drug-likeness (QED) is 0.147. The van der Waals surface area contributed by atoms with Crippen molar-refractivity contribution in [3.63, 3.8) is 0 Å². The minimum Gasteiger partial charge on any atom is -0.310 e. The molecule has 11 aromatic rings. The molecule has 1 nitrogen and oxygen atoms in total. The van der Waals surface area contributed by atoms with Gasteiger partial charge in [0.1, 0.15) is 0 Å². The molecule has 0 N–H and O–H groups in total. The zero-order chi connectivity index (χ0) is 39.1. The number of fused-ring (bicyclic) bond motifs is 6. The van der Waals surface area contributed by atoms with Gasteiger partial charge in [-0.05, 0) is 118 Å². The van der Waals surface area contributed by atoms with Gasteiger partial charge < -0.3 is 4.90 Å². The molecule has 0 spiro atoms. The first kappa shape index (κ1) is 34.5. The van der Waals surface area contributed by atoms with Gasteiger partial charge in [-0.2, -0.15) is 0 Å². The van der Waals surface area contributed by atoms with Crippen LogP contribution in [0.5, 0.6) is 0 Å². The van der Waals surface area contributed by atoms with Gasteiger partial charge in [0.15, 0.2) is 0 Å². The lowest BCUT2D eigenvalue weighted by atomic mass is 9.93. The highest BCUT2D eigenvalue weighted by Gasteiger charge is 2.19. The van der Waals surface area contributed by atoms with E-state index in [1.54, 1.807) is 0 Å². The summed E-state index contributed by atoms with van der Waals surface area (Å²) in [6, 6.07) is 86.3. The smallest absolute Gasteiger partial charge is 0.0540 e. The lowest BCUT2D eigenvalue weighted by molar-refractivity contribution is 1.28. The Hall–Kier alpha value is -7.74. The first-order valence-corrected chi connectivity index (χ1v) is 20.3. The number of rotatable bonds is 7. The highest BCUT2D eigenvalue weighted by atomic mass is 15.1. The SMILES string of the molecule is c1ccc(-c2ccc(-c3ccccc3N(c3ccc(-c4cc5ccccc5c5ccccc45)cc3)c3cccc(-c4cccc5c4ccc4ccccc45)c3)cc2)cc1. The van der Waals surface area contributed by atoms with Crippen LogP contribution in [-0.4, -0.2) is 0 Å². The standard InChI is InChI=1S/C58H39N/c1-2-14-40(15-3-1)41-28-30-43(31-29-41)52-22-10-11-27-58(52)59(47-35-32-44(33-36-47)57-39-46-17-5-7-21-50(46)53-23-8-9-24-55(53)57)48-19-12-18-45(38-48)51-25-13-26-54-49-20-6-4-16-42(49)34-37-56(51)54/h1-39H. The molecule has 1 heteroatoms. The molecule has 0 saturated heterocycles. The molecule has 0 atom stereocenters. The fourth-order valence-corrected chi connectivity index (χ4v) is 9.00. The van der Waals surface area contributed by atoms with E-state index in [0.29, 0.717) is 0 Å². The van der Waals surface area contributed by atoms with Gasteiger partial charge >= 0.3 is 0 Å². The molecule has 0 radical (unpaired) electrons. The van der Waals surface area contributed by atoms with Crippen LogP contribution < -0.4 is 4.90 Å². The molecule has 0 unspecified atom stereocenters. The molecule has 0 bridgehead atoms. The Morgan fingerprint density at radius 1 is 0.220 bits per heavy atom. The summed E-state index contributed by atoms with van der Waals surface area (Å²) in [4.78, 5) is 2.42. The van der Waals surface area contributed by atoms with Crippen LogP contribution in [0.3, 0.4) is 0 Å². The minimum atomic E-state index is 1.09. The van der Waals surface area contributed by atoms with Crippen LogP contribution in [0.15, 0.2) is 237 Å². The molecule has 0 aliphatic rings. The Labute approximate surface area is 344 Å². The lowest BCUT2D eigenvalue weighted by Gasteiger charge is -2.28. The van der Waals surface area contributed by atoms with E-state index < -0.39 is 0 Å². The summed E-state index contributed by atoms with van der Waals surface area (Å²) in [6.45, 7) is 0. The van der Waals surface area contributed by atoms with Crippen molar-refractivity contribution in [2.45, 2.75) is 0 Å². The van der Waals surface area contributed by atoms with Crippen LogP contribution in [0.25, 0.3) is 87.6 Å². The monoisotopic (exact) mass is 749 g/mol. The van der Waals surface area contributed by atoms with Crippen molar-refractivity contribution in [1.29, 1.82) is 0 Å². The van der Waals surface area contributed by atoms with Crippen molar-refractivity contribution >= 4 is 60.2 Å². The van der Waals surface area contributed by atoms with Gasteiger partial charge in [0.25, 0.3) is 0 Å². The van der Waals surface area contributed by atoms with Crippen molar-refractivity contribution in [2.75, 3.05) is 4.90 Å². The molecule has 59 heavy (non-hydrogen) atoms. The molecule has 0 aliphatic heterocycles. The first-order chi connectivity index (χ1) is 29.3. The maximum Gasteiger partial charge on any atom is 0.0540 e. The molecule has 0 saturated carbocycles. The molecule has 0 aromatic heterocycles. The van der Waals surface area contributed by atoms with Crippen LogP contribution in [0.4, 0.5) is 17.1 Å². The van der Waals surface area contributed by atoms with E-state index >= 15 is 0 Å². The highest BCUT2D eigenvalue weighted by molar-refractivity contribution is 6.14. The van der Waals surface area contributed by atoms with Crippen molar-refractivity contribution in [1.82, 2.24) is 0 Å². The summed E-state index contributed by atoms with van der Waals surface area (Å²) >= 11 is 0. The Kier molecular flexibility index (Phi) is 8.56. The van der Waals surface area contributed by atoms with Gasteiger partial charge in [0, 0.05) is 16.9 Å².